The smallest absolute Gasteiger partial charge is 0.397 e. The van der Waals surface area contributed by atoms with Gasteiger partial charge in [-0.05, 0) is 35.4 Å². The molecule has 0 amide bonds. The number of benzene rings is 2. The lowest BCUT2D eigenvalue weighted by molar-refractivity contribution is -0.136. The largest absolute Gasteiger partial charge is 0.418 e. The number of anilines is 2. The molecule has 100 valence electrons. The van der Waals surface area contributed by atoms with Gasteiger partial charge in [-0.1, -0.05) is 12.1 Å². The van der Waals surface area contributed by atoms with Crippen LogP contribution in [0.4, 0.5) is 28.9 Å². The molecule has 2 aromatic rings. The van der Waals surface area contributed by atoms with Gasteiger partial charge in [0.15, 0.2) is 0 Å². The Morgan fingerprint density at radius 2 is 1.42 bits per heavy atom. The molecule has 0 saturated carbocycles. The average Bonchev–Trinajstić information content (AvgIpc) is 2.32. The number of hydrogen-bond acceptors (Lipinski definition) is 2. The highest BCUT2D eigenvalue weighted by Gasteiger charge is 2.34. The van der Waals surface area contributed by atoms with Gasteiger partial charge in [0.2, 0.25) is 0 Å². The van der Waals surface area contributed by atoms with Crippen LogP contribution in [-0.2, 0) is 6.18 Å². The summed E-state index contributed by atoms with van der Waals surface area (Å²) in [6, 6.07) is 7.31. The summed E-state index contributed by atoms with van der Waals surface area (Å²) < 4.78 is 51.2. The molecule has 2 rings (SSSR count). The maximum atomic E-state index is 12.8. The summed E-state index contributed by atoms with van der Waals surface area (Å²) >= 11 is 0. The normalized spacial score (nSPS) is 11.6. The summed E-state index contributed by atoms with van der Waals surface area (Å²) in [4.78, 5) is 0. The van der Waals surface area contributed by atoms with E-state index in [1.54, 1.807) is 0 Å². The van der Waals surface area contributed by atoms with E-state index < -0.39 is 23.2 Å². The summed E-state index contributed by atoms with van der Waals surface area (Å²) in [6.07, 6.45) is -4.59. The maximum Gasteiger partial charge on any atom is 0.418 e. The molecule has 2 aromatic carbocycles. The predicted molar refractivity (Wildman–Crippen MR) is 65.7 cm³/mol. The molecule has 0 atom stereocenters. The molecule has 2 nitrogen and oxygen atoms in total. The second-order valence-electron chi connectivity index (χ2n) is 4.03. The van der Waals surface area contributed by atoms with Crippen molar-refractivity contribution in [1.82, 2.24) is 0 Å². The Balaban J connectivity index is 2.60. The van der Waals surface area contributed by atoms with Gasteiger partial charge in [-0.15, -0.1) is 0 Å². The van der Waals surface area contributed by atoms with Crippen LogP contribution in [0.3, 0.4) is 0 Å². The van der Waals surface area contributed by atoms with Crippen molar-refractivity contribution in [3.05, 3.63) is 47.8 Å². The molecule has 6 heteroatoms. The molecule has 0 radical (unpaired) electrons. The summed E-state index contributed by atoms with van der Waals surface area (Å²) in [5, 5.41) is 0. The minimum Gasteiger partial charge on any atom is -0.397 e. The molecule has 4 N–H and O–H groups in total. The van der Waals surface area contributed by atoms with Gasteiger partial charge in [-0.25, -0.2) is 4.39 Å². The summed E-state index contributed by atoms with van der Waals surface area (Å²) in [5.74, 6) is -0.469. The van der Waals surface area contributed by atoms with E-state index >= 15 is 0 Å². The average molecular weight is 270 g/mol. The Hall–Kier alpha value is -2.24. The zero-order chi connectivity index (χ0) is 14.2. The van der Waals surface area contributed by atoms with E-state index in [1.165, 1.54) is 18.2 Å². The van der Waals surface area contributed by atoms with E-state index in [0.717, 1.165) is 18.2 Å². The van der Waals surface area contributed by atoms with Gasteiger partial charge in [0.05, 0.1) is 16.9 Å². The monoisotopic (exact) mass is 270 g/mol. The van der Waals surface area contributed by atoms with Crippen LogP contribution >= 0.6 is 0 Å². The molecule has 0 aliphatic carbocycles. The number of hydrogen-bond donors (Lipinski definition) is 2. The molecule has 0 aliphatic heterocycles. The number of halogens is 4. The van der Waals surface area contributed by atoms with Crippen LogP contribution in [0.2, 0.25) is 0 Å². The quantitative estimate of drug-likeness (QED) is 0.613. The molecule has 0 unspecified atom stereocenters. The summed E-state index contributed by atoms with van der Waals surface area (Å²) in [5.41, 5.74) is 9.83. The second kappa shape index (κ2) is 4.46. The van der Waals surface area contributed by atoms with Crippen molar-refractivity contribution >= 4 is 11.4 Å². The Kier molecular flexibility index (Phi) is 3.09. The van der Waals surface area contributed by atoms with Gasteiger partial charge in [-0.3, -0.25) is 0 Å². The molecule has 0 aliphatic rings. The van der Waals surface area contributed by atoms with Gasteiger partial charge in [-0.2, -0.15) is 13.2 Å². The van der Waals surface area contributed by atoms with Crippen molar-refractivity contribution in [2.45, 2.75) is 6.18 Å². The van der Waals surface area contributed by atoms with E-state index in [4.69, 9.17) is 11.5 Å². The van der Waals surface area contributed by atoms with E-state index in [0.29, 0.717) is 5.56 Å². The Morgan fingerprint density at radius 1 is 0.842 bits per heavy atom. The van der Waals surface area contributed by atoms with Gasteiger partial charge in [0.1, 0.15) is 5.82 Å². The number of nitrogens with two attached hydrogens (primary N) is 2. The van der Waals surface area contributed by atoms with Crippen LogP contribution in [0.1, 0.15) is 5.56 Å². The van der Waals surface area contributed by atoms with Gasteiger partial charge >= 0.3 is 6.18 Å². The zero-order valence-electron chi connectivity index (χ0n) is 9.63. The number of nitrogen functional groups attached to an aromatic ring is 2. The van der Waals surface area contributed by atoms with Gasteiger partial charge in [0.25, 0.3) is 0 Å². The summed E-state index contributed by atoms with van der Waals surface area (Å²) in [7, 11) is 0. The van der Waals surface area contributed by atoms with Crippen molar-refractivity contribution in [2.24, 2.45) is 0 Å². The minimum absolute atomic E-state index is 0.158. The van der Waals surface area contributed by atoms with Crippen molar-refractivity contribution in [1.29, 1.82) is 0 Å². The Morgan fingerprint density at radius 3 is 1.95 bits per heavy atom. The van der Waals surface area contributed by atoms with Crippen LogP contribution in [0.25, 0.3) is 11.1 Å². The van der Waals surface area contributed by atoms with Crippen LogP contribution in [0.15, 0.2) is 36.4 Å². The summed E-state index contributed by atoms with van der Waals surface area (Å²) in [6.45, 7) is 0. The van der Waals surface area contributed by atoms with Crippen LogP contribution in [0, 0.1) is 5.82 Å². The van der Waals surface area contributed by atoms with Crippen molar-refractivity contribution < 1.29 is 17.6 Å². The topological polar surface area (TPSA) is 52.0 Å². The van der Waals surface area contributed by atoms with Crippen molar-refractivity contribution in [3.63, 3.8) is 0 Å². The van der Waals surface area contributed by atoms with E-state index in [1.807, 2.05) is 0 Å². The molecule has 19 heavy (non-hydrogen) atoms. The Labute approximate surface area is 106 Å². The Bertz CT molecular complexity index is 603. The highest BCUT2D eigenvalue weighted by Crippen LogP contribution is 2.39. The van der Waals surface area contributed by atoms with Crippen molar-refractivity contribution in [2.75, 3.05) is 11.5 Å². The van der Waals surface area contributed by atoms with E-state index in [9.17, 15) is 17.6 Å². The molecule has 0 spiro atoms. The van der Waals surface area contributed by atoms with Crippen LogP contribution < -0.4 is 11.5 Å². The van der Waals surface area contributed by atoms with Crippen molar-refractivity contribution in [3.8, 4) is 11.1 Å². The molecule has 0 bridgehead atoms. The molecule has 0 heterocycles. The fourth-order valence-electron chi connectivity index (χ4n) is 1.72. The minimum atomic E-state index is -4.59. The predicted octanol–water partition coefficient (Wildman–Crippen LogP) is 3.68. The molecule has 0 aromatic heterocycles. The highest BCUT2D eigenvalue weighted by atomic mass is 19.4. The zero-order valence-corrected chi connectivity index (χ0v) is 9.63. The lowest BCUT2D eigenvalue weighted by Gasteiger charge is -2.14. The number of rotatable bonds is 1. The van der Waals surface area contributed by atoms with Crippen LogP contribution in [-0.4, -0.2) is 0 Å². The molecule has 0 saturated heterocycles. The molecular weight excluding hydrogens is 260 g/mol. The third-order valence-electron chi connectivity index (χ3n) is 2.69. The third kappa shape index (κ3) is 2.62. The standard InChI is InChI=1S/C13H10F4N2/c14-9-3-1-7(2-4-9)8-5-10(13(15,16)17)12(19)11(18)6-8/h1-6H,18-19H2. The van der Waals surface area contributed by atoms with Gasteiger partial charge in [0, 0.05) is 0 Å². The van der Waals surface area contributed by atoms with E-state index in [-0.39, 0.29) is 11.3 Å². The fraction of sp³-hybridized carbons (Fsp3) is 0.0769. The third-order valence-corrected chi connectivity index (χ3v) is 2.69. The van der Waals surface area contributed by atoms with Crippen LogP contribution in [0.5, 0.6) is 0 Å². The lowest BCUT2D eigenvalue weighted by atomic mass is 10.0. The second-order valence-corrected chi connectivity index (χ2v) is 4.03. The lowest BCUT2D eigenvalue weighted by Crippen LogP contribution is -2.11. The van der Waals surface area contributed by atoms with E-state index in [2.05, 4.69) is 0 Å². The highest BCUT2D eigenvalue weighted by molar-refractivity contribution is 5.78. The molecular formula is C13H10F4N2. The fourth-order valence-corrected chi connectivity index (χ4v) is 1.72. The first-order chi connectivity index (χ1) is 8.79. The first-order valence-corrected chi connectivity index (χ1v) is 5.31. The first-order valence-electron chi connectivity index (χ1n) is 5.31. The first kappa shape index (κ1) is 13.2. The maximum absolute atomic E-state index is 12.8. The SMILES string of the molecule is Nc1cc(-c2ccc(F)cc2)cc(C(F)(F)F)c1N. The van der Waals surface area contributed by atoms with Gasteiger partial charge < -0.3 is 11.5 Å². The number of alkyl halides is 3. The molecule has 0 fully saturated rings.